The largest absolute Gasteiger partial charge is 0.497 e. The molecule has 1 fully saturated rings. The summed E-state index contributed by atoms with van der Waals surface area (Å²) in [5.41, 5.74) is 0.667. The second-order valence-electron chi connectivity index (χ2n) is 5.30. The van der Waals surface area contributed by atoms with E-state index in [-0.39, 0.29) is 18.4 Å². The molecule has 21 heavy (non-hydrogen) atoms. The summed E-state index contributed by atoms with van der Waals surface area (Å²) in [6, 6.07) is 6.43. The molecule has 1 heterocycles. The summed E-state index contributed by atoms with van der Waals surface area (Å²) in [5, 5.41) is 12.0. The highest BCUT2D eigenvalue weighted by Crippen LogP contribution is 2.24. The third-order valence-electron chi connectivity index (χ3n) is 3.78. The van der Waals surface area contributed by atoms with E-state index >= 15 is 0 Å². The molecule has 2 rings (SSSR count). The molecule has 0 saturated carbocycles. The van der Waals surface area contributed by atoms with E-state index in [0.717, 1.165) is 6.42 Å². The van der Waals surface area contributed by atoms with Crippen molar-refractivity contribution in [2.24, 2.45) is 5.92 Å². The van der Waals surface area contributed by atoms with Gasteiger partial charge < -0.3 is 15.2 Å². The van der Waals surface area contributed by atoms with Crippen LogP contribution in [0.5, 0.6) is 5.75 Å². The minimum absolute atomic E-state index is 0.0660. The second-order valence-corrected chi connectivity index (χ2v) is 5.30. The van der Waals surface area contributed by atoms with Crippen LogP contribution in [0, 0.1) is 5.92 Å². The van der Waals surface area contributed by atoms with E-state index in [9.17, 15) is 14.7 Å². The second kappa shape index (κ2) is 6.58. The van der Waals surface area contributed by atoms with E-state index < -0.39 is 12.0 Å². The van der Waals surface area contributed by atoms with Gasteiger partial charge in [-0.2, -0.15) is 0 Å². The number of anilines is 1. The number of carboxylic acids is 1. The van der Waals surface area contributed by atoms with Gasteiger partial charge in [-0.3, -0.25) is 14.5 Å². The number of amides is 1. The summed E-state index contributed by atoms with van der Waals surface area (Å²) < 4.78 is 5.05. The normalized spacial score (nSPS) is 22.0. The van der Waals surface area contributed by atoms with Gasteiger partial charge in [-0.05, 0) is 43.1 Å². The smallest absolute Gasteiger partial charge is 0.321 e. The highest BCUT2D eigenvalue weighted by atomic mass is 16.5. The number of ether oxygens (including phenoxy) is 1. The molecular weight excluding hydrogens is 272 g/mol. The van der Waals surface area contributed by atoms with E-state index in [1.165, 1.54) is 0 Å². The lowest BCUT2D eigenvalue weighted by atomic mass is 10.0. The van der Waals surface area contributed by atoms with Crippen molar-refractivity contribution in [2.45, 2.75) is 19.4 Å². The van der Waals surface area contributed by atoms with Crippen molar-refractivity contribution in [1.29, 1.82) is 0 Å². The Labute approximate surface area is 123 Å². The minimum atomic E-state index is -0.864. The van der Waals surface area contributed by atoms with Crippen molar-refractivity contribution in [3.8, 4) is 5.75 Å². The predicted octanol–water partition coefficient (Wildman–Crippen LogP) is 1.43. The van der Waals surface area contributed by atoms with E-state index in [4.69, 9.17) is 4.74 Å². The van der Waals surface area contributed by atoms with Crippen molar-refractivity contribution in [2.75, 3.05) is 25.5 Å². The first kappa shape index (κ1) is 15.3. The lowest BCUT2D eigenvalue weighted by Crippen LogP contribution is -2.43. The zero-order chi connectivity index (χ0) is 15.4. The van der Waals surface area contributed by atoms with Gasteiger partial charge in [-0.15, -0.1) is 0 Å². The van der Waals surface area contributed by atoms with E-state index in [1.807, 2.05) is 6.92 Å². The van der Waals surface area contributed by atoms with Crippen LogP contribution >= 0.6 is 0 Å². The predicted molar refractivity (Wildman–Crippen MR) is 78.4 cm³/mol. The number of hydrogen-bond acceptors (Lipinski definition) is 4. The molecule has 2 unspecified atom stereocenters. The summed E-state index contributed by atoms with van der Waals surface area (Å²) in [6.45, 7) is 2.63. The third-order valence-corrected chi connectivity index (χ3v) is 3.78. The van der Waals surface area contributed by atoms with Gasteiger partial charge in [0.15, 0.2) is 0 Å². The molecule has 0 spiro atoms. The maximum Gasteiger partial charge on any atom is 0.321 e. The van der Waals surface area contributed by atoms with Gasteiger partial charge in [0.25, 0.3) is 0 Å². The summed E-state index contributed by atoms with van der Waals surface area (Å²) in [6.07, 6.45) is 0.798. The number of carboxylic acid groups (broad SMARTS) is 1. The Balaban J connectivity index is 1.93. The highest BCUT2D eigenvalue weighted by molar-refractivity contribution is 5.92. The van der Waals surface area contributed by atoms with Crippen LogP contribution in [0.3, 0.4) is 0 Å². The number of carbonyl (C=O) groups excluding carboxylic acids is 1. The van der Waals surface area contributed by atoms with Crippen LogP contribution in [0.15, 0.2) is 24.3 Å². The Bertz CT molecular complexity index is 515. The van der Waals surface area contributed by atoms with Gasteiger partial charge in [-0.25, -0.2) is 0 Å². The Hall–Kier alpha value is -2.08. The number of nitrogens with one attached hydrogen (secondary N) is 1. The highest BCUT2D eigenvalue weighted by Gasteiger charge is 2.37. The molecule has 1 aliphatic rings. The average molecular weight is 292 g/mol. The molecule has 114 valence electrons. The Morgan fingerprint density at radius 2 is 2.05 bits per heavy atom. The summed E-state index contributed by atoms with van der Waals surface area (Å²) >= 11 is 0. The van der Waals surface area contributed by atoms with E-state index in [0.29, 0.717) is 18.0 Å². The minimum Gasteiger partial charge on any atom is -0.497 e. The fourth-order valence-electron chi connectivity index (χ4n) is 2.66. The zero-order valence-electron chi connectivity index (χ0n) is 12.2. The van der Waals surface area contributed by atoms with Gasteiger partial charge in [0, 0.05) is 5.69 Å². The van der Waals surface area contributed by atoms with Gasteiger partial charge in [0.05, 0.1) is 13.7 Å². The quantitative estimate of drug-likeness (QED) is 0.858. The molecule has 1 aromatic rings. The molecule has 1 aromatic carbocycles. The summed E-state index contributed by atoms with van der Waals surface area (Å²) in [4.78, 5) is 25.0. The van der Waals surface area contributed by atoms with E-state index in [1.54, 1.807) is 36.3 Å². The van der Waals surface area contributed by atoms with Crippen LogP contribution < -0.4 is 10.1 Å². The summed E-state index contributed by atoms with van der Waals surface area (Å²) in [5.74, 6) is -0.290. The maximum atomic E-state index is 12.0. The summed E-state index contributed by atoms with van der Waals surface area (Å²) in [7, 11) is 1.58. The van der Waals surface area contributed by atoms with Crippen molar-refractivity contribution >= 4 is 17.6 Å². The number of benzene rings is 1. The maximum absolute atomic E-state index is 12.0. The number of hydrogen-bond donors (Lipinski definition) is 2. The van der Waals surface area contributed by atoms with Crippen LogP contribution in [0.25, 0.3) is 0 Å². The first-order chi connectivity index (χ1) is 10.0. The van der Waals surface area contributed by atoms with Gasteiger partial charge in [0.2, 0.25) is 5.91 Å². The monoisotopic (exact) mass is 292 g/mol. The fraction of sp³-hybridized carbons (Fsp3) is 0.467. The molecule has 2 N–H and O–H groups in total. The number of nitrogens with zero attached hydrogens (tertiary/aromatic N) is 1. The van der Waals surface area contributed by atoms with Crippen LogP contribution in [0.4, 0.5) is 5.69 Å². The first-order valence-corrected chi connectivity index (χ1v) is 6.92. The molecule has 6 nitrogen and oxygen atoms in total. The molecule has 0 bridgehead atoms. The van der Waals surface area contributed by atoms with Gasteiger partial charge >= 0.3 is 5.97 Å². The molecule has 0 aliphatic carbocycles. The van der Waals surface area contributed by atoms with E-state index in [2.05, 4.69) is 5.32 Å². The van der Waals surface area contributed by atoms with Gasteiger partial charge in [-0.1, -0.05) is 6.92 Å². The first-order valence-electron chi connectivity index (χ1n) is 6.92. The van der Waals surface area contributed by atoms with Crippen LogP contribution in [0.1, 0.15) is 13.3 Å². The van der Waals surface area contributed by atoms with Crippen molar-refractivity contribution < 1.29 is 19.4 Å². The number of rotatable bonds is 5. The molecule has 0 radical (unpaired) electrons. The molecule has 2 atom stereocenters. The number of methoxy groups -OCH3 is 1. The van der Waals surface area contributed by atoms with Crippen molar-refractivity contribution in [1.82, 2.24) is 4.90 Å². The number of carbonyl (C=O) groups is 2. The molecule has 6 heteroatoms. The molecule has 0 aromatic heterocycles. The van der Waals surface area contributed by atoms with Crippen molar-refractivity contribution in [3.05, 3.63) is 24.3 Å². The van der Waals surface area contributed by atoms with Crippen LogP contribution in [-0.4, -0.2) is 48.1 Å². The lowest BCUT2D eigenvalue weighted by Gasteiger charge is -2.22. The molecule has 1 aliphatic heterocycles. The Morgan fingerprint density at radius 3 is 2.62 bits per heavy atom. The van der Waals surface area contributed by atoms with Crippen LogP contribution in [0.2, 0.25) is 0 Å². The molecular formula is C15H20N2O4. The van der Waals surface area contributed by atoms with Crippen molar-refractivity contribution in [3.63, 3.8) is 0 Å². The SMILES string of the molecule is COc1ccc(NC(=O)CN2CCC(C)C2C(=O)O)cc1. The topological polar surface area (TPSA) is 78.9 Å². The van der Waals surface area contributed by atoms with Gasteiger partial charge in [0.1, 0.15) is 11.8 Å². The average Bonchev–Trinajstić information content (AvgIpc) is 2.80. The number of likely N-dealkylation sites (tertiary alicyclic amines) is 1. The molecule has 1 saturated heterocycles. The number of aliphatic carboxylic acids is 1. The standard InChI is InChI=1S/C15H20N2O4/c1-10-7-8-17(14(10)15(19)20)9-13(18)16-11-3-5-12(21-2)6-4-11/h3-6,10,14H,7-9H2,1-2H3,(H,16,18)(H,19,20). The molecule has 1 amide bonds. The van der Waals surface area contributed by atoms with Crippen LogP contribution in [-0.2, 0) is 9.59 Å². The Morgan fingerprint density at radius 1 is 1.38 bits per heavy atom. The Kier molecular flexibility index (Phi) is 4.80. The zero-order valence-corrected chi connectivity index (χ0v) is 12.2. The fourth-order valence-corrected chi connectivity index (χ4v) is 2.66. The third kappa shape index (κ3) is 3.72. The lowest BCUT2D eigenvalue weighted by molar-refractivity contribution is -0.143.